The Hall–Kier alpha value is -1.72. The fourth-order valence-electron chi connectivity index (χ4n) is 3.45. The highest BCUT2D eigenvalue weighted by molar-refractivity contribution is 8.18. The SMILES string of the molecule is CS[C@]12SCC(COC(C)=O)(C(=O)O)CN1C(=O)C2N(C(C)=O)c1ccsc1. The average Bonchev–Trinajstić information content (AvgIpc) is 3.17. The van der Waals surface area contributed by atoms with E-state index in [1.807, 2.05) is 11.6 Å². The fourth-order valence-corrected chi connectivity index (χ4v) is 6.99. The number of thioether (sulfide) groups is 2. The van der Waals surface area contributed by atoms with Crippen molar-refractivity contribution in [1.29, 1.82) is 0 Å². The Labute approximate surface area is 174 Å². The number of nitrogens with zero attached hydrogens (tertiary/aromatic N) is 2. The Morgan fingerprint density at radius 2 is 2.14 bits per heavy atom. The Morgan fingerprint density at radius 1 is 1.43 bits per heavy atom. The molecule has 2 fully saturated rings. The molecule has 0 spiro atoms. The van der Waals surface area contributed by atoms with Crippen LogP contribution in [0, 0.1) is 5.41 Å². The number of aliphatic carboxylic acids is 1. The van der Waals surface area contributed by atoms with Crippen LogP contribution in [0.25, 0.3) is 0 Å². The van der Waals surface area contributed by atoms with E-state index in [1.54, 1.807) is 11.4 Å². The molecular formula is C17H20N2O6S3. The third-order valence-corrected chi connectivity index (χ3v) is 9.02. The van der Waals surface area contributed by atoms with E-state index < -0.39 is 27.6 Å². The summed E-state index contributed by atoms with van der Waals surface area (Å²) in [4.78, 5) is 51.6. The molecule has 3 rings (SSSR count). The molecule has 0 bridgehead atoms. The van der Waals surface area contributed by atoms with E-state index in [0.29, 0.717) is 5.69 Å². The van der Waals surface area contributed by atoms with Crippen molar-refractivity contribution in [1.82, 2.24) is 4.90 Å². The number of amides is 2. The van der Waals surface area contributed by atoms with Gasteiger partial charge in [0, 0.05) is 31.5 Å². The standard InChI is InChI=1S/C17H20N2O6S3/c1-10(20)19(12-4-5-27-6-12)13-14(22)18-7-16(15(23)24,8-25-11(2)21)9-28-17(13,18)26-3/h4-6,13H,7-9H2,1-3H3,(H,23,24)/t13?,16?,17-/m1/s1. The molecule has 0 aliphatic carbocycles. The number of hydrogen-bond donors (Lipinski definition) is 1. The molecule has 1 aromatic heterocycles. The molecule has 0 saturated carbocycles. The number of hydrogen-bond acceptors (Lipinski definition) is 8. The molecule has 2 unspecified atom stereocenters. The number of carboxylic acids is 1. The van der Waals surface area contributed by atoms with Crippen LogP contribution < -0.4 is 4.90 Å². The Bertz CT molecular complexity index is 816. The van der Waals surface area contributed by atoms with Crippen LogP contribution in [0.5, 0.6) is 0 Å². The molecule has 11 heteroatoms. The zero-order valence-electron chi connectivity index (χ0n) is 15.5. The number of thiophene rings is 1. The lowest BCUT2D eigenvalue weighted by Crippen LogP contribution is -2.80. The third kappa shape index (κ3) is 3.18. The highest BCUT2D eigenvalue weighted by atomic mass is 32.2. The number of carbonyl (C=O) groups is 4. The molecule has 2 aliphatic heterocycles. The number of carbonyl (C=O) groups excluding carboxylic acids is 3. The lowest BCUT2D eigenvalue weighted by molar-refractivity contribution is -0.165. The number of rotatable bonds is 6. The third-order valence-electron chi connectivity index (χ3n) is 4.92. The number of anilines is 1. The second-order valence-corrected chi connectivity index (χ2v) is 9.96. The summed E-state index contributed by atoms with van der Waals surface area (Å²) < 4.78 is 4.21. The van der Waals surface area contributed by atoms with Crippen LogP contribution in [0.15, 0.2) is 16.8 Å². The van der Waals surface area contributed by atoms with Gasteiger partial charge in [-0.25, -0.2) is 0 Å². The van der Waals surface area contributed by atoms with Gasteiger partial charge in [0.1, 0.15) is 12.0 Å². The summed E-state index contributed by atoms with van der Waals surface area (Å²) in [5.74, 6) is -2.09. The minimum Gasteiger partial charge on any atom is -0.481 e. The van der Waals surface area contributed by atoms with Gasteiger partial charge < -0.3 is 14.7 Å². The van der Waals surface area contributed by atoms with Crippen molar-refractivity contribution >= 4 is 64.3 Å². The summed E-state index contributed by atoms with van der Waals surface area (Å²) in [5.41, 5.74) is -0.723. The van der Waals surface area contributed by atoms with Crippen LogP contribution in [0.3, 0.4) is 0 Å². The van der Waals surface area contributed by atoms with Crippen LogP contribution in [0.1, 0.15) is 13.8 Å². The van der Waals surface area contributed by atoms with Gasteiger partial charge in [-0.05, 0) is 17.7 Å². The first-order valence-electron chi connectivity index (χ1n) is 8.38. The molecule has 3 atom stereocenters. The van der Waals surface area contributed by atoms with Crippen molar-refractivity contribution in [3.8, 4) is 0 Å². The maximum absolute atomic E-state index is 13.1. The predicted octanol–water partition coefficient (Wildman–Crippen LogP) is 1.71. The normalized spacial score (nSPS) is 28.9. The number of carboxylic acid groups (broad SMARTS) is 1. The number of β-lactam (4-membered cyclic amide) rings is 1. The van der Waals surface area contributed by atoms with Gasteiger partial charge in [-0.1, -0.05) is 0 Å². The smallest absolute Gasteiger partial charge is 0.315 e. The van der Waals surface area contributed by atoms with E-state index in [1.165, 1.54) is 58.5 Å². The van der Waals surface area contributed by atoms with Crippen molar-refractivity contribution in [3.63, 3.8) is 0 Å². The van der Waals surface area contributed by atoms with Crippen molar-refractivity contribution in [3.05, 3.63) is 16.8 Å². The van der Waals surface area contributed by atoms with E-state index in [4.69, 9.17) is 4.74 Å². The predicted molar refractivity (Wildman–Crippen MR) is 108 cm³/mol. The number of fused-ring (bicyclic) bond motifs is 1. The van der Waals surface area contributed by atoms with E-state index in [2.05, 4.69) is 0 Å². The minimum absolute atomic E-state index is 0.0752. The molecule has 1 N–H and O–H groups in total. The highest BCUT2D eigenvalue weighted by Crippen LogP contribution is 2.57. The first kappa shape index (κ1) is 21.0. The first-order chi connectivity index (χ1) is 13.2. The zero-order chi connectivity index (χ0) is 20.7. The van der Waals surface area contributed by atoms with Gasteiger partial charge in [0.05, 0.1) is 5.69 Å². The molecule has 2 aliphatic rings. The zero-order valence-corrected chi connectivity index (χ0v) is 18.0. The largest absolute Gasteiger partial charge is 0.481 e. The molecule has 2 saturated heterocycles. The summed E-state index contributed by atoms with van der Waals surface area (Å²) in [7, 11) is 0. The van der Waals surface area contributed by atoms with Crippen LogP contribution in [0.4, 0.5) is 5.69 Å². The van der Waals surface area contributed by atoms with Gasteiger partial charge in [0.15, 0.2) is 10.2 Å². The van der Waals surface area contributed by atoms with Crippen molar-refractivity contribution in [2.45, 2.75) is 24.1 Å². The van der Waals surface area contributed by atoms with E-state index in [0.717, 1.165) is 0 Å². The molecule has 28 heavy (non-hydrogen) atoms. The monoisotopic (exact) mass is 444 g/mol. The molecular weight excluding hydrogens is 424 g/mol. The molecule has 3 heterocycles. The van der Waals surface area contributed by atoms with Crippen LogP contribution >= 0.6 is 34.9 Å². The van der Waals surface area contributed by atoms with Gasteiger partial charge >= 0.3 is 11.9 Å². The van der Waals surface area contributed by atoms with E-state index >= 15 is 0 Å². The molecule has 8 nitrogen and oxygen atoms in total. The second-order valence-electron chi connectivity index (χ2n) is 6.69. The van der Waals surface area contributed by atoms with Crippen molar-refractivity contribution in [2.24, 2.45) is 5.41 Å². The van der Waals surface area contributed by atoms with Crippen LogP contribution in [-0.4, -0.2) is 69.2 Å². The van der Waals surface area contributed by atoms with E-state index in [9.17, 15) is 24.3 Å². The van der Waals surface area contributed by atoms with Gasteiger partial charge in [-0.2, -0.15) is 11.3 Å². The first-order valence-corrected chi connectivity index (χ1v) is 11.5. The van der Waals surface area contributed by atoms with E-state index in [-0.39, 0.29) is 30.7 Å². The summed E-state index contributed by atoms with van der Waals surface area (Å²) in [6.07, 6.45) is 1.84. The Morgan fingerprint density at radius 3 is 2.64 bits per heavy atom. The fraction of sp³-hybridized carbons (Fsp3) is 0.529. The van der Waals surface area contributed by atoms with Gasteiger partial charge in [-0.3, -0.25) is 24.1 Å². The quantitative estimate of drug-likeness (QED) is 0.522. The summed E-state index contributed by atoms with van der Waals surface area (Å²) in [6.45, 7) is 2.25. The van der Waals surface area contributed by atoms with Crippen molar-refractivity contribution in [2.75, 3.05) is 30.1 Å². The van der Waals surface area contributed by atoms with Gasteiger partial charge in [0.2, 0.25) is 5.91 Å². The molecule has 0 radical (unpaired) electrons. The Balaban J connectivity index is 1.92. The second kappa shape index (κ2) is 7.60. The van der Waals surface area contributed by atoms with Gasteiger partial charge in [0.25, 0.3) is 5.91 Å². The summed E-state index contributed by atoms with van der Waals surface area (Å²) in [6, 6.07) is 1.06. The molecule has 2 amide bonds. The minimum atomic E-state index is -1.38. The average molecular weight is 445 g/mol. The number of ether oxygens (including phenoxy) is 1. The number of esters is 1. The molecule has 1 aromatic rings. The van der Waals surface area contributed by atoms with Crippen LogP contribution in [-0.2, 0) is 23.9 Å². The lowest BCUT2D eigenvalue weighted by atomic mass is 9.87. The lowest BCUT2D eigenvalue weighted by Gasteiger charge is -2.62. The summed E-state index contributed by atoms with van der Waals surface area (Å²) >= 11 is 4.15. The van der Waals surface area contributed by atoms with Gasteiger partial charge in [-0.15, -0.1) is 23.5 Å². The maximum Gasteiger partial charge on any atom is 0.315 e. The Kier molecular flexibility index (Phi) is 5.70. The highest BCUT2D eigenvalue weighted by Gasteiger charge is 2.69. The van der Waals surface area contributed by atoms with Crippen LogP contribution in [0.2, 0.25) is 0 Å². The maximum atomic E-state index is 13.1. The summed E-state index contributed by atoms with van der Waals surface area (Å²) in [5, 5.41) is 13.4. The molecule has 152 valence electrons. The molecule has 0 aromatic carbocycles. The van der Waals surface area contributed by atoms with Crippen molar-refractivity contribution < 1.29 is 29.0 Å². The topological polar surface area (TPSA) is 104 Å².